The van der Waals surface area contributed by atoms with Crippen LogP contribution in [0.3, 0.4) is 0 Å². The Kier molecular flexibility index (Phi) is 3.25. The van der Waals surface area contributed by atoms with Crippen LogP contribution < -0.4 is 0 Å². The van der Waals surface area contributed by atoms with Crippen LogP contribution in [0.5, 0.6) is 0 Å². The molecule has 4 heteroatoms. The fourth-order valence-corrected chi connectivity index (χ4v) is 3.26. The lowest BCUT2D eigenvalue weighted by Crippen LogP contribution is -2.33. The number of hydrogen-bond donors (Lipinski definition) is 1. The van der Waals surface area contributed by atoms with Gasteiger partial charge in [0.05, 0.1) is 11.7 Å². The first-order valence-corrected chi connectivity index (χ1v) is 7.12. The summed E-state index contributed by atoms with van der Waals surface area (Å²) in [7, 11) is 0. The van der Waals surface area contributed by atoms with Gasteiger partial charge in [-0.25, -0.2) is 0 Å². The molecule has 2 aromatic rings. The van der Waals surface area contributed by atoms with Crippen LogP contribution in [-0.2, 0) is 6.54 Å². The van der Waals surface area contributed by atoms with E-state index in [1.807, 2.05) is 6.20 Å². The van der Waals surface area contributed by atoms with E-state index in [9.17, 15) is 0 Å². The Morgan fingerprint density at radius 3 is 3.18 bits per heavy atom. The molecule has 0 saturated carbocycles. The van der Waals surface area contributed by atoms with Crippen molar-refractivity contribution in [3.63, 3.8) is 0 Å². The summed E-state index contributed by atoms with van der Waals surface area (Å²) in [6, 6.07) is 4.85. The van der Waals surface area contributed by atoms with Gasteiger partial charge < -0.3 is 0 Å². The lowest BCUT2D eigenvalue weighted by Gasteiger charge is -2.34. The number of thiophene rings is 1. The summed E-state index contributed by atoms with van der Waals surface area (Å²) >= 11 is 1.78. The van der Waals surface area contributed by atoms with E-state index in [0.29, 0.717) is 6.04 Å². The smallest absolute Gasteiger partial charge is 0.0523 e. The maximum absolute atomic E-state index is 4.08. The number of nitrogens with zero attached hydrogens (tertiary/aromatic N) is 2. The SMILES string of the molecule is c1cc(C2CCCCN2Cc2ccsc2)[nH]n1. The third kappa shape index (κ3) is 2.42. The Hall–Kier alpha value is -1.13. The maximum Gasteiger partial charge on any atom is 0.0523 e. The lowest BCUT2D eigenvalue weighted by molar-refractivity contribution is 0.137. The number of piperidine rings is 1. The molecule has 3 rings (SSSR count). The summed E-state index contributed by atoms with van der Waals surface area (Å²) in [5, 5.41) is 11.6. The molecule has 1 N–H and O–H groups in total. The summed E-state index contributed by atoms with van der Waals surface area (Å²) in [5.41, 5.74) is 2.70. The van der Waals surface area contributed by atoms with Crippen molar-refractivity contribution in [2.45, 2.75) is 31.8 Å². The van der Waals surface area contributed by atoms with Gasteiger partial charge in [-0.1, -0.05) is 6.42 Å². The number of aromatic amines is 1. The molecule has 3 heterocycles. The average Bonchev–Trinajstić information content (AvgIpc) is 3.01. The predicted octanol–water partition coefficient (Wildman–Crippen LogP) is 3.20. The standard InChI is InChI=1S/C13H17N3S/c1-2-7-16(9-11-5-8-17-10-11)13(3-1)12-4-6-14-15-12/h4-6,8,10,13H,1-3,7,9H2,(H,14,15). The van der Waals surface area contributed by atoms with E-state index in [4.69, 9.17) is 0 Å². The molecule has 0 spiro atoms. The zero-order valence-corrected chi connectivity index (χ0v) is 10.6. The number of likely N-dealkylation sites (tertiary alicyclic amines) is 1. The van der Waals surface area contributed by atoms with Gasteiger partial charge in [0.25, 0.3) is 0 Å². The van der Waals surface area contributed by atoms with Gasteiger partial charge in [-0.3, -0.25) is 10.00 Å². The van der Waals surface area contributed by atoms with Gasteiger partial charge in [0.15, 0.2) is 0 Å². The summed E-state index contributed by atoms with van der Waals surface area (Å²) in [6.45, 7) is 2.26. The molecule has 1 fully saturated rings. The molecule has 0 bridgehead atoms. The first kappa shape index (κ1) is 11.0. The van der Waals surface area contributed by atoms with Crippen molar-refractivity contribution in [2.24, 2.45) is 0 Å². The normalized spacial score (nSPS) is 21.8. The summed E-state index contributed by atoms with van der Waals surface area (Å²) in [5.74, 6) is 0. The van der Waals surface area contributed by atoms with Crippen molar-refractivity contribution in [1.82, 2.24) is 15.1 Å². The number of H-pyrrole nitrogens is 1. The fourth-order valence-electron chi connectivity index (χ4n) is 2.60. The van der Waals surface area contributed by atoms with Gasteiger partial charge in [-0.2, -0.15) is 16.4 Å². The molecule has 1 atom stereocenters. The Bertz CT molecular complexity index is 435. The highest BCUT2D eigenvalue weighted by Crippen LogP contribution is 2.31. The van der Waals surface area contributed by atoms with Crippen molar-refractivity contribution in [3.05, 3.63) is 40.3 Å². The second-order valence-corrected chi connectivity index (χ2v) is 5.41. The molecule has 0 amide bonds. The maximum atomic E-state index is 4.08. The topological polar surface area (TPSA) is 31.9 Å². The van der Waals surface area contributed by atoms with Gasteiger partial charge in [0.1, 0.15) is 0 Å². The highest BCUT2D eigenvalue weighted by Gasteiger charge is 2.24. The first-order chi connectivity index (χ1) is 8.43. The molecule has 90 valence electrons. The quantitative estimate of drug-likeness (QED) is 0.903. The van der Waals surface area contributed by atoms with E-state index in [-0.39, 0.29) is 0 Å². The third-order valence-corrected chi connectivity index (χ3v) is 4.19. The largest absolute Gasteiger partial charge is 0.291 e. The zero-order chi connectivity index (χ0) is 11.5. The Labute approximate surface area is 105 Å². The number of hydrogen-bond acceptors (Lipinski definition) is 3. The Balaban J connectivity index is 1.76. The summed E-state index contributed by atoms with van der Waals surface area (Å²) in [4.78, 5) is 2.57. The minimum atomic E-state index is 0.520. The van der Waals surface area contributed by atoms with Crippen LogP contribution in [0.1, 0.15) is 36.6 Å². The average molecular weight is 247 g/mol. The molecule has 2 aromatic heterocycles. The molecule has 0 radical (unpaired) electrons. The second-order valence-electron chi connectivity index (χ2n) is 4.63. The van der Waals surface area contributed by atoms with E-state index in [2.05, 4.69) is 38.0 Å². The predicted molar refractivity (Wildman–Crippen MR) is 69.9 cm³/mol. The Morgan fingerprint density at radius 2 is 2.41 bits per heavy atom. The van der Waals surface area contributed by atoms with Gasteiger partial charge in [0, 0.05) is 12.7 Å². The molecular weight excluding hydrogens is 230 g/mol. The van der Waals surface area contributed by atoms with Gasteiger partial charge in [-0.05, 0) is 47.8 Å². The molecule has 3 nitrogen and oxygen atoms in total. The molecule has 1 aliphatic rings. The third-order valence-electron chi connectivity index (χ3n) is 3.46. The summed E-state index contributed by atoms with van der Waals surface area (Å²) < 4.78 is 0. The van der Waals surface area contributed by atoms with Crippen molar-refractivity contribution in [2.75, 3.05) is 6.54 Å². The molecule has 0 aromatic carbocycles. The van der Waals surface area contributed by atoms with E-state index < -0.39 is 0 Å². The lowest BCUT2D eigenvalue weighted by atomic mass is 9.99. The first-order valence-electron chi connectivity index (χ1n) is 6.18. The van der Waals surface area contributed by atoms with E-state index in [1.54, 1.807) is 11.3 Å². The van der Waals surface area contributed by atoms with Crippen LogP contribution in [0, 0.1) is 0 Å². The molecule has 1 unspecified atom stereocenters. The van der Waals surface area contributed by atoms with Crippen molar-refractivity contribution in [1.29, 1.82) is 0 Å². The molecule has 0 aliphatic carbocycles. The monoisotopic (exact) mass is 247 g/mol. The molecule has 1 aliphatic heterocycles. The highest BCUT2D eigenvalue weighted by molar-refractivity contribution is 7.07. The number of rotatable bonds is 3. The van der Waals surface area contributed by atoms with Crippen molar-refractivity contribution in [3.8, 4) is 0 Å². The van der Waals surface area contributed by atoms with Crippen molar-refractivity contribution < 1.29 is 0 Å². The van der Waals surface area contributed by atoms with Crippen LogP contribution >= 0.6 is 11.3 Å². The van der Waals surface area contributed by atoms with Crippen LogP contribution in [0.4, 0.5) is 0 Å². The second kappa shape index (κ2) is 5.02. The number of aromatic nitrogens is 2. The van der Waals surface area contributed by atoms with Crippen LogP contribution in [-0.4, -0.2) is 21.6 Å². The molecule has 1 saturated heterocycles. The fraction of sp³-hybridized carbons (Fsp3) is 0.462. The minimum absolute atomic E-state index is 0.520. The summed E-state index contributed by atoms with van der Waals surface area (Å²) in [6.07, 6.45) is 5.73. The Morgan fingerprint density at radius 1 is 1.41 bits per heavy atom. The highest BCUT2D eigenvalue weighted by atomic mass is 32.1. The van der Waals surface area contributed by atoms with Gasteiger partial charge in [-0.15, -0.1) is 0 Å². The van der Waals surface area contributed by atoms with Gasteiger partial charge in [0.2, 0.25) is 0 Å². The molecular formula is C13H17N3S. The van der Waals surface area contributed by atoms with Crippen LogP contribution in [0.25, 0.3) is 0 Å². The number of nitrogens with one attached hydrogen (secondary N) is 1. The minimum Gasteiger partial charge on any atom is -0.291 e. The van der Waals surface area contributed by atoms with Gasteiger partial charge >= 0.3 is 0 Å². The molecule has 17 heavy (non-hydrogen) atoms. The van der Waals surface area contributed by atoms with E-state index in [0.717, 1.165) is 6.54 Å². The van der Waals surface area contributed by atoms with Crippen molar-refractivity contribution >= 4 is 11.3 Å². The van der Waals surface area contributed by atoms with Crippen LogP contribution in [0.15, 0.2) is 29.1 Å². The zero-order valence-electron chi connectivity index (χ0n) is 9.80. The van der Waals surface area contributed by atoms with E-state index in [1.165, 1.54) is 37.1 Å². The van der Waals surface area contributed by atoms with Crippen LogP contribution in [0.2, 0.25) is 0 Å². The van der Waals surface area contributed by atoms with E-state index >= 15 is 0 Å².